The molecule has 0 aliphatic carbocycles. The Balaban J connectivity index is 2.41. The molecule has 1 saturated heterocycles. The van der Waals surface area contributed by atoms with Gasteiger partial charge in [-0.2, -0.15) is 0 Å². The highest BCUT2D eigenvalue weighted by molar-refractivity contribution is 4.97. The lowest BCUT2D eigenvalue weighted by Crippen LogP contribution is -2.50. The SMILES string of the molecule is C=C(CCCC)N1CCN(C)C(CCC)C1. The summed E-state index contributed by atoms with van der Waals surface area (Å²) in [6.45, 7) is 12.3. The number of allylic oxidation sites excluding steroid dienone is 1. The second-order valence-corrected chi connectivity index (χ2v) is 5.04. The summed E-state index contributed by atoms with van der Waals surface area (Å²) in [7, 11) is 2.26. The van der Waals surface area contributed by atoms with Crippen LogP contribution in [0.2, 0.25) is 0 Å². The van der Waals surface area contributed by atoms with Gasteiger partial charge < -0.3 is 4.90 Å². The van der Waals surface area contributed by atoms with Crippen LogP contribution in [0.3, 0.4) is 0 Å². The van der Waals surface area contributed by atoms with Crippen LogP contribution in [-0.2, 0) is 0 Å². The smallest absolute Gasteiger partial charge is 0.0331 e. The molecule has 1 aliphatic heterocycles. The molecule has 0 bridgehead atoms. The third kappa shape index (κ3) is 3.82. The fourth-order valence-corrected chi connectivity index (χ4v) is 2.42. The van der Waals surface area contributed by atoms with Gasteiger partial charge in [0.25, 0.3) is 0 Å². The van der Waals surface area contributed by atoms with Gasteiger partial charge in [0.05, 0.1) is 0 Å². The largest absolute Gasteiger partial charge is 0.372 e. The maximum absolute atomic E-state index is 4.24. The average molecular weight is 224 g/mol. The van der Waals surface area contributed by atoms with Gasteiger partial charge in [0.2, 0.25) is 0 Å². The number of nitrogens with zero attached hydrogens (tertiary/aromatic N) is 2. The van der Waals surface area contributed by atoms with Crippen molar-refractivity contribution in [3.05, 3.63) is 12.3 Å². The van der Waals surface area contributed by atoms with E-state index in [1.165, 1.54) is 57.4 Å². The van der Waals surface area contributed by atoms with Gasteiger partial charge >= 0.3 is 0 Å². The molecule has 0 aromatic heterocycles. The van der Waals surface area contributed by atoms with E-state index in [-0.39, 0.29) is 0 Å². The van der Waals surface area contributed by atoms with E-state index in [4.69, 9.17) is 0 Å². The number of rotatable bonds is 6. The first-order chi connectivity index (χ1) is 7.69. The average Bonchev–Trinajstić information content (AvgIpc) is 2.29. The molecule has 1 fully saturated rings. The van der Waals surface area contributed by atoms with E-state index in [1.54, 1.807) is 0 Å². The normalized spacial score (nSPS) is 22.4. The Morgan fingerprint density at radius 1 is 1.25 bits per heavy atom. The van der Waals surface area contributed by atoms with Crippen LogP contribution in [0.15, 0.2) is 12.3 Å². The van der Waals surface area contributed by atoms with Gasteiger partial charge in [0.1, 0.15) is 0 Å². The molecule has 0 N–H and O–H groups in total. The molecule has 0 spiro atoms. The summed E-state index contributed by atoms with van der Waals surface area (Å²) in [4.78, 5) is 5.02. The number of hydrogen-bond donors (Lipinski definition) is 0. The van der Waals surface area contributed by atoms with Crippen LogP contribution in [0, 0.1) is 0 Å². The fourth-order valence-electron chi connectivity index (χ4n) is 2.42. The Kier molecular flexibility index (Phi) is 5.89. The molecular weight excluding hydrogens is 196 g/mol. The number of piperazine rings is 1. The summed E-state index contributed by atoms with van der Waals surface area (Å²) >= 11 is 0. The molecule has 0 aromatic carbocycles. The Labute approximate surface area is 101 Å². The van der Waals surface area contributed by atoms with Crippen molar-refractivity contribution in [3.63, 3.8) is 0 Å². The van der Waals surface area contributed by atoms with Crippen molar-refractivity contribution in [2.75, 3.05) is 26.7 Å². The van der Waals surface area contributed by atoms with Crippen LogP contribution < -0.4 is 0 Å². The maximum atomic E-state index is 4.24. The third-order valence-corrected chi connectivity index (χ3v) is 3.67. The van der Waals surface area contributed by atoms with E-state index in [1.807, 2.05) is 0 Å². The first kappa shape index (κ1) is 13.6. The molecule has 1 heterocycles. The second-order valence-electron chi connectivity index (χ2n) is 5.04. The Morgan fingerprint density at radius 2 is 2.00 bits per heavy atom. The number of likely N-dealkylation sites (N-methyl/N-ethyl adjacent to an activating group) is 1. The molecule has 1 aliphatic rings. The van der Waals surface area contributed by atoms with E-state index >= 15 is 0 Å². The van der Waals surface area contributed by atoms with Gasteiger partial charge in [-0.25, -0.2) is 0 Å². The summed E-state index contributed by atoms with van der Waals surface area (Å²) in [5.74, 6) is 0. The molecule has 1 unspecified atom stereocenters. The number of unbranched alkanes of at least 4 members (excludes halogenated alkanes) is 1. The molecule has 0 radical (unpaired) electrons. The lowest BCUT2D eigenvalue weighted by Gasteiger charge is -2.41. The molecule has 0 amide bonds. The van der Waals surface area contributed by atoms with E-state index in [0.29, 0.717) is 0 Å². The highest BCUT2D eigenvalue weighted by Gasteiger charge is 2.23. The maximum Gasteiger partial charge on any atom is 0.0331 e. The predicted octanol–water partition coefficient (Wildman–Crippen LogP) is 3.11. The van der Waals surface area contributed by atoms with Gasteiger partial charge in [0.15, 0.2) is 0 Å². The standard InChI is InChI=1S/C14H28N2/c1-5-7-9-13(3)16-11-10-15(4)14(12-16)8-6-2/h14H,3,5-12H2,1-2,4H3. The fraction of sp³-hybridized carbons (Fsp3) is 0.857. The monoisotopic (exact) mass is 224 g/mol. The van der Waals surface area contributed by atoms with Gasteiger partial charge in [0, 0.05) is 31.4 Å². The first-order valence-electron chi connectivity index (χ1n) is 6.82. The van der Waals surface area contributed by atoms with E-state index in [9.17, 15) is 0 Å². The molecule has 1 atom stereocenters. The predicted molar refractivity (Wildman–Crippen MR) is 71.6 cm³/mol. The number of hydrogen-bond acceptors (Lipinski definition) is 2. The summed E-state index contributed by atoms with van der Waals surface area (Å²) in [5, 5.41) is 0. The van der Waals surface area contributed by atoms with Crippen molar-refractivity contribution in [3.8, 4) is 0 Å². The van der Waals surface area contributed by atoms with E-state index in [0.717, 1.165) is 6.04 Å². The second kappa shape index (κ2) is 6.95. The van der Waals surface area contributed by atoms with E-state index < -0.39 is 0 Å². The molecular formula is C14H28N2. The molecule has 0 saturated carbocycles. The van der Waals surface area contributed by atoms with Gasteiger partial charge in [-0.15, -0.1) is 0 Å². The summed E-state index contributed by atoms with van der Waals surface area (Å²) in [6, 6.07) is 0.733. The highest BCUT2D eigenvalue weighted by atomic mass is 15.3. The molecule has 2 heteroatoms. The summed E-state index contributed by atoms with van der Waals surface area (Å²) < 4.78 is 0. The lowest BCUT2D eigenvalue weighted by atomic mass is 10.1. The zero-order valence-corrected chi connectivity index (χ0v) is 11.3. The van der Waals surface area contributed by atoms with Crippen LogP contribution in [0.1, 0.15) is 46.0 Å². The summed E-state index contributed by atoms with van der Waals surface area (Å²) in [5.41, 5.74) is 1.36. The zero-order valence-electron chi connectivity index (χ0n) is 11.3. The molecule has 16 heavy (non-hydrogen) atoms. The lowest BCUT2D eigenvalue weighted by molar-refractivity contribution is 0.110. The van der Waals surface area contributed by atoms with Gasteiger partial charge in [-0.3, -0.25) is 4.90 Å². The van der Waals surface area contributed by atoms with Crippen LogP contribution in [0.25, 0.3) is 0 Å². The molecule has 2 nitrogen and oxygen atoms in total. The highest BCUT2D eigenvalue weighted by Crippen LogP contribution is 2.18. The van der Waals surface area contributed by atoms with Crippen molar-refractivity contribution in [2.24, 2.45) is 0 Å². The van der Waals surface area contributed by atoms with Gasteiger partial charge in [-0.05, 0) is 26.3 Å². The molecule has 1 rings (SSSR count). The van der Waals surface area contributed by atoms with Crippen molar-refractivity contribution in [1.29, 1.82) is 0 Å². The molecule has 0 aromatic rings. The Morgan fingerprint density at radius 3 is 2.62 bits per heavy atom. The van der Waals surface area contributed by atoms with E-state index in [2.05, 4.69) is 37.3 Å². The van der Waals surface area contributed by atoms with Crippen molar-refractivity contribution >= 4 is 0 Å². The first-order valence-corrected chi connectivity index (χ1v) is 6.82. The third-order valence-electron chi connectivity index (χ3n) is 3.67. The minimum atomic E-state index is 0.733. The van der Waals surface area contributed by atoms with Crippen LogP contribution >= 0.6 is 0 Å². The topological polar surface area (TPSA) is 6.48 Å². The zero-order chi connectivity index (χ0) is 12.0. The minimum Gasteiger partial charge on any atom is -0.372 e. The van der Waals surface area contributed by atoms with Gasteiger partial charge in [-0.1, -0.05) is 33.3 Å². The van der Waals surface area contributed by atoms with Crippen LogP contribution in [-0.4, -0.2) is 42.5 Å². The van der Waals surface area contributed by atoms with Crippen molar-refractivity contribution < 1.29 is 0 Å². The molecule has 94 valence electrons. The van der Waals surface area contributed by atoms with Crippen molar-refractivity contribution in [2.45, 2.75) is 52.0 Å². The minimum absolute atomic E-state index is 0.733. The quantitative estimate of drug-likeness (QED) is 0.684. The Hall–Kier alpha value is -0.500. The summed E-state index contributed by atoms with van der Waals surface area (Å²) in [6.07, 6.45) is 6.33. The van der Waals surface area contributed by atoms with Crippen LogP contribution in [0.4, 0.5) is 0 Å². The van der Waals surface area contributed by atoms with Crippen LogP contribution in [0.5, 0.6) is 0 Å². The van der Waals surface area contributed by atoms with Crippen molar-refractivity contribution in [1.82, 2.24) is 9.80 Å². The Bertz CT molecular complexity index is 213.